The number of fused-ring (bicyclic) bond motifs is 1. The zero-order chi connectivity index (χ0) is 18.4. The van der Waals surface area contributed by atoms with Crippen molar-refractivity contribution in [2.45, 2.75) is 70.4 Å². The molecular weight excluding hydrogens is 340 g/mol. The summed E-state index contributed by atoms with van der Waals surface area (Å²) in [4.78, 5) is 0. The van der Waals surface area contributed by atoms with Crippen LogP contribution in [0, 0.1) is 0 Å². The Hall–Kier alpha value is -1.36. The third-order valence-electron chi connectivity index (χ3n) is 5.33. The van der Waals surface area contributed by atoms with Crippen LogP contribution in [0.15, 0.2) is 34.7 Å². The predicted molar refractivity (Wildman–Crippen MR) is 107 cm³/mol. The van der Waals surface area contributed by atoms with Crippen LogP contribution in [0.5, 0.6) is 0 Å². The molecule has 0 amide bonds. The first kappa shape index (κ1) is 18.0. The van der Waals surface area contributed by atoms with Crippen LogP contribution in [0.3, 0.4) is 0 Å². The second-order valence-electron chi connectivity index (χ2n) is 8.54. The van der Waals surface area contributed by atoms with Gasteiger partial charge in [-0.15, -0.1) is 0 Å². The summed E-state index contributed by atoms with van der Waals surface area (Å²) in [5.41, 5.74) is 4.04. The highest BCUT2D eigenvalue weighted by molar-refractivity contribution is 6.69. The van der Waals surface area contributed by atoms with Gasteiger partial charge in [0.2, 0.25) is 0 Å². The zero-order valence-corrected chi connectivity index (χ0v) is 17.4. The minimum Gasteiger partial charge on any atom is -0.460 e. The van der Waals surface area contributed by atoms with Crippen LogP contribution in [-0.2, 0) is 22.0 Å². The average molecular weight is 371 g/mol. The first-order valence-electron chi connectivity index (χ1n) is 9.97. The Labute approximate surface area is 157 Å². The number of rotatable bonds is 6. The van der Waals surface area contributed by atoms with Gasteiger partial charge in [0.15, 0.2) is 14.1 Å². The molecule has 1 heterocycles. The average Bonchev–Trinajstić information content (AvgIpc) is 3.14. The minimum atomic E-state index is -1.70. The fourth-order valence-electron chi connectivity index (χ4n) is 4.35. The lowest BCUT2D eigenvalue weighted by molar-refractivity contribution is -0.112. The fourth-order valence-corrected chi connectivity index (χ4v) is 5.67. The van der Waals surface area contributed by atoms with Crippen molar-refractivity contribution in [2.24, 2.45) is 0 Å². The van der Waals surface area contributed by atoms with Crippen LogP contribution < -0.4 is 0 Å². The minimum absolute atomic E-state index is 0.235. The van der Waals surface area contributed by atoms with Gasteiger partial charge >= 0.3 is 0 Å². The third kappa shape index (κ3) is 3.30. The van der Waals surface area contributed by atoms with E-state index in [4.69, 9.17) is 13.6 Å². The van der Waals surface area contributed by atoms with Crippen LogP contribution in [0.4, 0.5) is 0 Å². The molecule has 4 rings (SSSR count). The van der Waals surface area contributed by atoms with Gasteiger partial charge in [-0.05, 0) is 57.8 Å². The maximum Gasteiger partial charge on any atom is 0.187 e. The second kappa shape index (κ2) is 6.66. The van der Waals surface area contributed by atoms with Crippen molar-refractivity contribution >= 4 is 8.32 Å². The number of benzene rings is 1. The topological polar surface area (TPSA) is 31.6 Å². The first-order valence-corrected chi connectivity index (χ1v) is 13.4. The van der Waals surface area contributed by atoms with Gasteiger partial charge in [-0.2, -0.15) is 0 Å². The molecule has 0 spiro atoms. The zero-order valence-electron chi connectivity index (χ0n) is 16.4. The monoisotopic (exact) mass is 370 g/mol. The predicted octanol–water partition coefficient (Wildman–Crippen LogP) is 5.90. The van der Waals surface area contributed by atoms with Crippen molar-refractivity contribution < 1.29 is 13.6 Å². The molecule has 2 aromatic rings. The molecule has 0 aliphatic heterocycles. The number of furan rings is 1. The maximum absolute atomic E-state index is 6.55. The number of hydrogen-bond acceptors (Lipinski definition) is 3. The molecule has 26 heavy (non-hydrogen) atoms. The van der Waals surface area contributed by atoms with Crippen molar-refractivity contribution in [2.75, 3.05) is 6.61 Å². The van der Waals surface area contributed by atoms with Crippen LogP contribution in [0.2, 0.25) is 19.6 Å². The molecule has 0 bridgehead atoms. The van der Waals surface area contributed by atoms with Crippen LogP contribution in [0.25, 0.3) is 11.3 Å². The highest BCUT2D eigenvalue weighted by atomic mass is 28.4. The van der Waals surface area contributed by atoms with E-state index in [1.807, 2.05) is 0 Å². The Morgan fingerprint density at radius 1 is 1.08 bits per heavy atom. The van der Waals surface area contributed by atoms with Crippen molar-refractivity contribution in [3.8, 4) is 11.3 Å². The Kier molecular flexibility index (Phi) is 4.62. The van der Waals surface area contributed by atoms with Crippen molar-refractivity contribution in [1.29, 1.82) is 0 Å². The van der Waals surface area contributed by atoms with Gasteiger partial charge in [0, 0.05) is 24.2 Å². The summed E-state index contributed by atoms with van der Waals surface area (Å²) in [5, 5.41) is 0. The summed E-state index contributed by atoms with van der Waals surface area (Å²) in [6.07, 6.45) is 5.65. The molecule has 1 aromatic carbocycles. The lowest BCUT2D eigenvalue weighted by Crippen LogP contribution is -2.36. The maximum atomic E-state index is 6.55. The first-order chi connectivity index (χ1) is 12.4. The summed E-state index contributed by atoms with van der Waals surface area (Å²) >= 11 is 0. The van der Waals surface area contributed by atoms with Gasteiger partial charge in [-0.1, -0.05) is 30.3 Å². The van der Waals surface area contributed by atoms with Crippen molar-refractivity contribution in [1.82, 2.24) is 0 Å². The number of hydrogen-bond donors (Lipinski definition) is 0. The highest BCUT2D eigenvalue weighted by Gasteiger charge is 2.62. The Morgan fingerprint density at radius 3 is 2.42 bits per heavy atom. The van der Waals surface area contributed by atoms with Crippen LogP contribution in [-0.4, -0.2) is 20.7 Å². The molecule has 2 aliphatic rings. The second-order valence-corrected chi connectivity index (χ2v) is 13.0. The summed E-state index contributed by atoms with van der Waals surface area (Å²) in [5.74, 6) is 1.97. The van der Waals surface area contributed by atoms with E-state index >= 15 is 0 Å². The van der Waals surface area contributed by atoms with Gasteiger partial charge in [-0.3, -0.25) is 0 Å². The molecule has 4 heteroatoms. The van der Waals surface area contributed by atoms with E-state index in [0.29, 0.717) is 6.61 Å². The standard InChI is InChI=1S/C22H30O3Si/c1-5-23-22(25-26(2,3)4)15-19(22)21-18-14-10-9-13-17(18)20(24-21)16-11-7-6-8-12-16/h6-8,11-12,19H,5,9-10,13-15H2,1-4H3. The van der Waals surface area contributed by atoms with Crippen molar-refractivity contribution in [3.05, 3.63) is 47.2 Å². The van der Waals surface area contributed by atoms with Crippen LogP contribution >= 0.6 is 0 Å². The summed E-state index contributed by atoms with van der Waals surface area (Å²) < 4.78 is 19.2. The lowest BCUT2D eigenvalue weighted by Gasteiger charge is -2.27. The smallest absolute Gasteiger partial charge is 0.187 e. The van der Waals surface area contributed by atoms with E-state index in [-0.39, 0.29) is 5.92 Å². The van der Waals surface area contributed by atoms with E-state index in [9.17, 15) is 0 Å². The lowest BCUT2D eigenvalue weighted by atomic mass is 9.90. The molecule has 0 N–H and O–H groups in total. The van der Waals surface area contributed by atoms with Gasteiger partial charge < -0.3 is 13.6 Å². The van der Waals surface area contributed by atoms with Gasteiger partial charge in [0.05, 0.1) is 5.92 Å². The van der Waals surface area contributed by atoms with Crippen molar-refractivity contribution in [3.63, 3.8) is 0 Å². The van der Waals surface area contributed by atoms with Gasteiger partial charge in [-0.25, -0.2) is 0 Å². The molecule has 1 saturated carbocycles. The molecule has 0 saturated heterocycles. The molecule has 1 aromatic heterocycles. The van der Waals surface area contributed by atoms with Gasteiger partial charge in [0.25, 0.3) is 0 Å². The van der Waals surface area contributed by atoms with E-state index < -0.39 is 14.1 Å². The SMILES string of the molecule is CCOC1(O[Si](C)(C)C)CC1c1oc(-c2ccccc2)c2c1CCCC2. The van der Waals surface area contributed by atoms with E-state index in [1.165, 1.54) is 29.5 Å². The Morgan fingerprint density at radius 2 is 1.77 bits per heavy atom. The number of ether oxygens (including phenoxy) is 1. The normalized spacial score (nSPS) is 25.2. The molecule has 2 unspecified atom stereocenters. The molecule has 2 aliphatic carbocycles. The largest absolute Gasteiger partial charge is 0.460 e. The quantitative estimate of drug-likeness (QED) is 0.469. The highest BCUT2D eigenvalue weighted by Crippen LogP contribution is 2.59. The fraction of sp³-hybridized carbons (Fsp3) is 0.545. The molecule has 0 radical (unpaired) electrons. The Bertz CT molecular complexity index is 775. The Balaban J connectivity index is 1.73. The summed E-state index contributed by atoms with van der Waals surface area (Å²) in [6, 6.07) is 10.5. The van der Waals surface area contributed by atoms with E-state index in [1.54, 1.807) is 0 Å². The van der Waals surface area contributed by atoms with Crippen LogP contribution in [0.1, 0.15) is 49.0 Å². The summed E-state index contributed by atoms with van der Waals surface area (Å²) in [7, 11) is -1.70. The van der Waals surface area contributed by atoms with Gasteiger partial charge in [0.1, 0.15) is 11.5 Å². The van der Waals surface area contributed by atoms with E-state index in [0.717, 1.165) is 30.8 Å². The molecular formula is C22H30O3Si. The third-order valence-corrected chi connectivity index (χ3v) is 6.29. The molecule has 1 fully saturated rings. The van der Waals surface area contributed by atoms with E-state index in [2.05, 4.69) is 56.9 Å². The molecule has 2 atom stereocenters. The summed E-state index contributed by atoms with van der Waals surface area (Å²) in [6.45, 7) is 9.43. The molecule has 140 valence electrons. The molecule has 3 nitrogen and oxygen atoms in total.